The fourth-order valence-electron chi connectivity index (χ4n) is 3.78. The van der Waals surface area contributed by atoms with E-state index < -0.39 is 0 Å². The van der Waals surface area contributed by atoms with Crippen molar-refractivity contribution in [3.8, 4) is 0 Å². The summed E-state index contributed by atoms with van der Waals surface area (Å²) in [6.07, 6.45) is 4.05. The van der Waals surface area contributed by atoms with Gasteiger partial charge in [0.05, 0.1) is 0 Å². The number of aromatic nitrogens is 2. The molecule has 3 aromatic carbocycles. The highest BCUT2D eigenvalue weighted by atomic mass is 14.9. The molecule has 4 N–H and O–H groups in total. The van der Waals surface area contributed by atoms with Crippen molar-refractivity contribution in [2.24, 2.45) is 0 Å². The molecule has 0 fully saturated rings. The molecule has 0 aliphatic carbocycles. The highest BCUT2D eigenvalue weighted by molar-refractivity contribution is 5.86. The van der Waals surface area contributed by atoms with Gasteiger partial charge in [0.1, 0.15) is 0 Å². The minimum absolute atomic E-state index is 0.797. The van der Waals surface area contributed by atoms with Crippen LogP contribution in [-0.2, 0) is 6.54 Å². The lowest BCUT2D eigenvalue weighted by Gasteiger charge is -2.11. The first kappa shape index (κ1) is 18.8. The second-order valence-electron chi connectivity index (χ2n) is 7.59. The summed E-state index contributed by atoms with van der Waals surface area (Å²) in [5.74, 6) is 0. The maximum absolute atomic E-state index is 4.18. The van der Waals surface area contributed by atoms with Crippen LogP contribution in [0, 0.1) is 0 Å². The summed E-state index contributed by atoms with van der Waals surface area (Å²) in [4.78, 5) is 6.63. The van der Waals surface area contributed by atoms with Gasteiger partial charge in [0, 0.05) is 57.0 Å². The average Bonchev–Trinajstić information content (AvgIpc) is 3.41. The third-order valence-corrected chi connectivity index (χ3v) is 5.33. The van der Waals surface area contributed by atoms with Gasteiger partial charge in [-0.3, -0.25) is 0 Å². The molecule has 0 aliphatic heterocycles. The van der Waals surface area contributed by atoms with Crippen LogP contribution in [-0.4, -0.2) is 9.97 Å². The Labute approximate surface area is 181 Å². The van der Waals surface area contributed by atoms with Crippen LogP contribution < -0.4 is 21.2 Å². The Hall–Kier alpha value is -4.18. The standard InChI is InChI=1S/C27H24N4/c1-19-26(16-22-11-6-14-28-22)25-13-12-24(17-27(25)30-19)31-23-10-5-9-21(15-23)29-18-20-7-3-2-4-8-20/h2-17,28-31H,1,18H2/b26-16+. The first-order valence-electron chi connectivity index (χ1n) is 10.4. The number of hydrogen-bond donors (Lipinski definition) is 4. The molecule has 0 radical (unpaired) electrons. The normalized spacial score (nSPS) is 11.7. The quantitative estimate of drug-likeness (QED) is 0.319. The fraction of sp³-hybridized carbons (Fsp3) is 0.0370. The van der Waals surface area contributed by atoms with Crippen molar-refractivity contribution < 1.29 is 0 Å². The Bertz CT molecular complexity index is 1410. The highest BCUT2D eigenvalue weighted by Gasteiger charge is 2.03. The van der Waals surface area contributed by atoms with Gasteiger partial charge < -0.3 is 20.6 Å². The van der Waals surface area contributed by atoms with Crippen molar-refractivity contribution in [2.45, 2.75) is 6.54 Å². The third-order valence-electron chi connectivity index (χ3n) is 5.33. The molecule has 0 saturated carbocycles. The van der Waals surface area contributed by atoms with Crippen LogP contribution in [0.5, 0.6) is 0 Å². The molecule has 2 aromatic heterocycles. The van der Waals surface area contributed by atoms with Gasteiger partial charge in [-0.2, -0.15) is 0 Å². The number of benzene rings is 3. The van der Waals surface area contributed by atoms with Gasteiger partial charge in [-0.15, -0.1) is 0 Å². The molecule has 0 amide bonds. The van der Waals surface area contributed by atoms with Crippen LogP contribution in [0.1, 0.15) is 11.3 Å². The van der Waals surface area contributed by atoms with E-state index in [0.717, 1.165) is 50.8 Å². The van der Waals surface area contributed by atoms with Gasteiger partial charge in [-0.05, 0) is 54.1 Å². The number of H-pyrrole nitrogens is 2. The lowest BCUT2D eigenvalue weighted by atomic mass is 10.1. The maximum Gasteiger partial charge on any atom is 0.0485 e. The highest BCUT2D eigenvalue weighted by Crippen LogP contribution is 2.22. The van der Waals surface area contributed by atoms with Crippen molar-refractivity contribution in [1.29, 1.82) is 0 Å². The molecule has 5 aromatic rings. The number of aromatic amines is 2. The molecule has 0 unspecified atom stereocenters. The van der Waals surface area contributed by atoms with Gasteiger partial charge in [0.25, 0.3) is 0 Å². The van der Waals surface area contributed by atoms with E-state index in [-0.39, 0.29) is 0 Å². The number of hydrogen-bond acceptors (Lipinski definition) is 2. The predicted molar refractivity (Wildman–Crippen MR) is 131 cm³/mol. The molecule has 0 saturated heterocycles. The largest absolute Gasteiger partial charge is 0.381 e. The first-order chi connectivity index (χ1) is 15.2. The molecule has 0 bridgehead atoms. The second-order valence-corrected chi connectivity index (χ2v) is 7.59. The van der Waals surface area contributed by atoms with E-state index in [4.69, 9.17) is 0 Å². The third kappa shape index (κ3) is 4.23. The van der Waals surface area contributed by atoms with E-state index in [1.54, 1.807) is 0 Å². The predicted octanol–water partition coefficient (Wildman–Crippen LogP) is 5.09. The molecule has 2 heterocycles. The molecule has 31 heavy (non-hydrogen) atoms. The second kappa shape index (κ2) is 8.28. The van der Waals surface area contributed by atoms with Gasteiger partial charge in [0.2, 0.25) is 0 Å². The number of anilines is 3. The van der Waals surface area contributed by atoms with Gasteiger partial charge >= 0.3 is 0 Å². The topological polar surface area (TPSA) is 55.6 Å². The number of fused-ring (bicyclic) bond motifs is 1. The first-order valence-corrected chi connectivity index (χ1v) is 10.4. The molecule has 0 aliphatic rings. The molecular formula is C27H24N4. The summed E-state index contributed by atoms with van der Waals surface area (Å²) in [5, 5.41) is 10.2. The van der Waals surface area contributed by atoms with Crippen LogP contribution in [0.25, 0.3) is 23.6 Å². The Kier molecular flexibility index (Phi) is 5.03. The summed E-state index contributed by atoms with van der Waals surface area (Å²) >= 11 is 0. The molecule has 0 spiro atoms. The van der Waals surface area contributed by atoms with Gasteiger partial charge in [0.15, 0.2) is 0 Å². The zero-order chi connectivity index (χ0) is 21.0. The smallest absolute Gasteiger partial charge is 0.0485 e. The lowest BCUT2D eigenvalue weighted by Crippen LogP contribution is -2.20. The molecule has 4 heteroatoms. The van der Waals surface area contributed by atoms with Crippen LogP contribution in [0.2, 0.25) is 0 Å². The summed E-state index contributed by atoms with van der Waals surface area (Å²) in [5.41, 5.74) is 6.53. The minimum Gasteiger partial charge on any atom is -0.381 e. The zero-order valence-electron chi connectivity index (χ0n) is 17.2. The zero-order valence-corrected chi connectivity index (χ0v) is 17.2. The molecule has 0 atom stereocenters. The monoisotopic (exact) mass is 404 g/mol. The lowest BCUT2D eigenvalue weighted by molar-refractivity contribution is 1.15. The van der Waals surface area contributed by atoms with Crippen LogP contribution in [0.15, 0.2) is 91.1 Å². The van der Waals surface area contributed by atoms with Gasteiger partial charge in [-0.25, -0.2) is 0 Å². The Balaban J connectivity index is 1.37. The molecule has 152 valence electrons. The maximum atomic E-state index is 4.18. The summed E-state index contributed by atoms with van der Waals surface area (Å²) < 4.78 is 0. The molecular weight excluding hydrogens is 380 g/mol. The Morgan fingerprint density at radius 2 is 1.65 bits per heavy atom. The summed E-state index contributed by atoms with van der Waals surface area (Å²) in [6, 6.07) is 29.1. The number of nitrogens with one attached hydrogen (secondary N) is 4. The average molecular weight is 405 g/mol. The Morgan fingerprint density at radius 1 is 0.806 bits per heavy atom. The molecule has 5 rings (SSSR count). The summed E-state index contributed by atoms with van der Waals surface area (Å²) in [7, 11) is 0. The van der Waals surface area contributed by atoms with E-state index in [9.17, 15) is 0 Å². The van der Waals surface area contributed by atoms with Crippen molar-refractivity contribution in [3.05, 3.63) is 113 Å². The molecule has 4 nitrogen and oxygen atoms in total. The van der Waals surface area contributed by atoms with Crippen LogP contribution in [0.3, 0.4) is 0 Å². The number of rotatable bonds is 6. The van der Waals surface area contributed by atoms with E-state index in [1.165, 1.54) is 5.56 Å². The van der Waals surface area contributed by atoms with E-state index >= 15 is 0 Å². The van der Waals surface area contributed by atoms with Crippen LogP contribution in [0.4, 0.5) is 17.1 Å². The minimum atomic E-state index is 0.797. The van der Waals surface area contributed by atoms with Crippen molar-refractivity contribution in [3.63, 3.8) is 0 Å². The van der Waals surface area contributed by atoms with E-state index in [0.29, 0.717) is 0 Å². The Morgan fingerprint density at radius 3 is 2.48 bits per heavy atom. The van der Waals surface area contributed by atoms with Crippen molar-refractivity contribution in [2.75, 3.05) is 10.6 Å². The van der Waals surface area contributed by atoms with Crippen molar-refractivity contribution >= 4 is 40.6 Å². The van der Waals surface area contributed by atoms with E-state index in [1.807, 2.05) is 24.4 Å². The SMILES string of the molecule is C=c1[nH]c2cc(Nc3cccc(NCc4ccccc4)c3)ccc2/c1=C/c1ccc[nH]1. The summed E-state index contributed by atoms with van der Waals surface area (Å²) in [6.45, 7) is 4.98. The van der Waals surface area contributed by atoms with Crippen LogP contribution >= 0.6 is 0 Å². The fourth-order valence-corrected chi connectivity index (χ4v) is 3.78. The van der Waals surface area contributed by atoms with Gasteiger partial charge in [-0.1, -0.05) is 49.0 Å². The van der Waals surface area contributed by atoms with Crippen molar-refractivity contribution in [1.82, 2.24) is 9.97 Å². The van der Waals surface area contributed by atoms with E-state index in [2.05, 4.69) is 100.0 Å².